The smallest absolute Gasteiger partial charge is 0.165 e. The fourth-order valence-electron chi connectivity index (χ4n) is 8.17. The number of aliphatic hydroxyl groups excluding tert-OH is 1. The van der Waals surface area contributed by atoms with Crippen molar-refractivity contribution in [3.05, 3.63) is 0 Å². The Balaban J connectivity index is 1.24. The maximum atomic E-state index is 11.0. The van der Waals surface area contributed by atoms with E-state index in [1.807, 2.05) is 0 Å². The predicted octanol–water partition coefficient (Wildman–Crippen LogP) is 4.09. The van der Waals surface area contributed by atoms with E-state index in [4.69, 9.17) is 9.47 Å². The Bertz CT molecular complexity index is 513. The largest absolute Gasteiger partial charge is 0.393 e. The summed E-state index contributed by atoms with van der Waals surface area (Å²) in [5.41, 5.74) is 0. The minimum absolute atomic E-state index is 0.159. The monoisotopic (exact) mass is 348 g/mol. The lowest BCUT2D eigenvalue weighted by Gasteiger charge is -2.45. The van der Waals surface area contributed by atoms with Crippen LogP contribution in [0.15, 0.2) is 0 Å². The number of rotatable bonds is 4. The van der Waals surface area contributed by atoms with Crippen LogP contribution in [-0.2, 0) is 9.47 Å². The molecule has 0 spiro atoms. The van der Waals surface area contributed by atoms with Crippen molar-refractivity contribution >= 4 is 0 Å². The van der Waals surface area contributed by atoms with Gasteiger partial charge in [0.15, 0.2) is 5.79 Å². The lowest BCUT2D eigenvalue weighted by atomic mass is 9.61. The first-order chi connectivity index (χ1) is 12.0. The molecule has 0 aromatic carbocycles. The van der Waals surface area contributed by atoms with Gasteiger partial charge in [0.05, 0.1) is 19.3 Å². The third-order valence-electron chi connectivity index (χ3n) is 9.39. The summed E-state index contributed by atoms with van der Waals surface area (Å²) in [5.74, 6) is 7.54. The molecule has 0 radical (unpaired) electrons. The topological polar surface area (TPSA) is 38.7 Å². The predicted molar refractivity (Wildman–Crippen MR) is 96.8 cm³/mol. The van der Waals surface area contributed by atoms with E-state index in [0.717, 1.165) is 79.8 Å². The summed E-state index contributed by atoms with van der Waals surface area (Å²) in [5, 5.41) is 11.0. The van der Waals surface area contributed by atoms with Crippen LogP contribution in [0.3, 0.4) is 0 Å². The van der Waals surface area contributed by atoms with Crippen molar-refractivity contribution in [2.75, 3.05) is 13.2 Å². The zero-order chi connectivity index (χ0) is 17.3. The van der Waals surface area contributed by atoms with Crippen LogP contribution in [0.4, 0.5) is 0 Å². The number of hydrogen-bond donors (Lipinski definition) is 1. The molecule has 5 aliphatic rings. The molecule has 4 saturated carbocycles. The van der Waals surface area contributed by atoms with Crippen molar-refractivity contribution in [3.63, 3.8) is 0 Å². The number of fused-ring (bicyclic) bond motifs is 9. The average Bonchev–Trinajstić information content (AvgIpc) is 3.33. The second-order valence-electron chi connectivity index (χ2n) is 10.3. The van der Waals surface area contributed by atoms with Crippen LogP contribution >= 0.6 is 0 Å². The number of hydrogen-bond acceptors (Lipinski definition) is 3. The van der Waals surface area contributed by atoms with Crippen LogP contribution in [0.2, 0.25) is 0 Å². The van der Waals surface area contributed by atoms with Gasteiger partial charge in [0.25, 0.3) is 0 Å². The number of ether oxygens (including phenoxy) is 2. The van der Waals surface area contributed by atoms with E-state index in [2.05, 4.69) is 20.8 Å². The van der Waals surface area contributed by atoms with Gasteiger partial charge in [-0.05, 0) is 92.3 Å². The van der Waals surface area contributed by atoms with Gasteiger partial charge in [-0.25, -0.2) is 0 Å². The van der Waals surface area contributed by atoms with E-state index < -0.39 is 5.79 Å². The molecule has 3 heteroatoms. The van der Waals surface area contributed by atoms with Crippen molar-refractivity contribution in [3.8, 4) is 0 Å². The fraction of sp³-hybridized carbons (Fsp3) is 1.00. The Morgan fingerprint density at radius 3 is 2.36 bits per heavy atom. The Hall–Kier alpha value is -0.120. The zero-order valence-corrected chi connectivity index (χ0v) is 16.2. The van der Waals surface area contributed by atoms with Crippen molar-refractivity contribution < 1.29 is 14.6 Å². The van der Waals surface area contributed by atoms with E-state index >= 15 is 0 Å². The van der Waals surface area contributed by atoms with Crippen LogP contribution < -0.4 is 0 Å². The standard InChI is InChI=1S/C22H36O3/c1-12-13(2)16-11-15(12)20-14-9-17(18(10-14)21(16)20)19(23)5-6-22(3)24-7-4-8-25-22/h12-21,23H,4-11H2,1-3H3. The average molecular weight is 349 g/mol. The van der Waals surface area contributed by atoms with Crippen LogP contribution in [0.25, 0.3) is 0 Å². The van der Waals surface area contributed by atoms with Gasteiger partial charge in [0.1, 0.15) is 0 Å². The Kier molecular flexibility index (Phi) is 4.04. The second kappa shape index (κ2) is 5.94. The highest BCUT2D eigenvalue weighted by Crippen LogP contribution is 2.71. The maximum Gasteiger partial charge on any atom is 0.165 e. The van der Waals surface area contributed by atoms with Crippen molar-refractivity contribution in [1.29, 1.82) is 0 Å². The normalized spacial score (nSPS) is 54.0. The molecule has 0 aromatic heterocycles. The lowest BCUT2D eigenvalue weighted by Crippen LogP contribution is -2.42. The Morgan fingerprint density at radius 1 is 0.960 bits per heavy atom. The molecule has 10 atom stereocenters. The highest BCUT2D eigenvalue weighted by Gasteiger charge is 2.66. The summed E-state index contributed by atoms with van der Waals surface area (Å²) in [6.07, 6.45) is 6.69. The molecule has 25 heavy (non-hydrogen) atoms. The van der Waals surface area contributed by atoms with E-state index in [1.165, 1.54) is 19.3 Å². The van der Waals surface area contributed by atoms with Crippen LogP contribution in [0, 0.1) is 53.3 Å². The van der Waals surface area contributed by atoms with E-state index in [9.17, 15) is 5.11 Å². The minimum Gasteiger partial charge on any atom is -0.393 e. The second-order valence-corrected chi connectivity index (χ2v) is 10.3. The van der Waals surface area contributed by atoms with Gasteiger partial charge in [-0.1, -0.05) is 13.8 Å². The summed E-state index contributed by atoms with van der Waals surface area (Å²) in [6.45, 7) is 8.65. The highest BCUT2D eigenvalue weighted by molar-refractivity contribution is 5.14. The summed E-state index contributed by atoms with van der Waals surface area (Å²) < 4.78 is 11.7. The Morgan fingerprint density at radius 2 is 1.64 bits per heavy atom. The molecule has 1 N–H and O–H groups in total. The quantitative estimate of drug-likeness (QED) is 0.778. The molecule has 0 amide bonds. The van der Waals surface area contributed by atoms with E-state index in [-0.39, 0.29) is 6.10 Å². The molecule has 1 saturated heterocycles. The molecule has 3 nitrogen and oxygen atoms in total. The SMILES string of the molecule is CC1C(C)C2CC1C1C3CC(C(O)CCC4(C)OCCCO4)C(C3)C21. The van der Waals surface area contributed by atoms with Gasteiger partial charge in [0.2, 0.25) is 0 Å². The first-order valence-corrected chi connectivity index (χ1v) is 10.9. The van der Waals surface area contributed by atoms with Crippen LogP contribution in [-0.4, -0.2) is 30.2 Å². The first kappa shape index (κ1) is 17.0. The molecule has 5 fully saturated rings. The lowest BCUT2D eigenvalue weighted by molar-refractivity contribution is -0.261. The van der Waals surface area contributed by atoms with Crippen molar-refractivity contribution in [1.82, 2.24) is 0 Å². The molecule has 142 valence electrons. The molecule has 1 heterocycles. The first-order valence-electron chi connectivity index (χ1n) is 10.9. The van der Waals surface area contributed by atoms with Gasteiger partial charge in [-0.2, -0.15) is 0 Å². The molecular formula is C22H36O3. The van der Waals surface area contributed by atoms with Crippen LogP contribution in [0.5, 0.6) is 0 Å². The minimum atomic E-state index is -0.463. The molecule has 5 rings (SSSR count). The highest BCUT2D eigenvalue weighted by atomic mass is 16.7. The zero-order valence-electron chi connectivity index (χ0n) is 16.2. The third-order valence-corrected chi connectivity index (χ3v) is 9.39. The van der Waals surface area contributed by atoms with Gasteiger partial charge in [-0.15, -0.1) is 0 Å². The molecule has 1 aliphatic heterocycles. The summed E-state index contributed by atoms with van der Waals surface area (Å²) in [6, 6.07) is 0. The van der Waals surface area contributed by atoms with Crippen LogP contribution in [0.1, 0.15) is 59.3 Å². The van der Waals surface area contributed by atoms with Crippen molar-refractivity contribution in [2.24, 2.45) is 53.3 Å². The van der Waals surface area contributed by atoms with Gasteiger partial charge < -0.3 is 14.6 Å². The van der Waals surface area contributed by atoms with E-state index in [0.29, 0.717) is 5.92 Å². The maximum absolute atomic E-state index is 11.0. The van der Waals surface area contributed by atoms with Gasteiger partial charge >= 0.3 is 0 Å². The number of aliphatic hydroxyl groups is 1. The summed E-state index contributed by atoms with van der Waals surface area (Å²) in [7, 11) is 0. The van der Waals surface area contributed by atoms with Gasteiger partial charge in [-0.3, -0.25) is 0 Å². The molecule has 4 aliphatic carbocycles. The van der Waals surface area contributed by atoms with E-state index in [1.54, 1.807) is 0 Å². The summed E-state index contributed by atoms with van der Waals surface area (Å²) >= 11 is 0. The molecule has 4 bridgehead atoms. The molecular weight excluding hydrogens is 312 g/mol. The summed E-state index contributed by atoms with van der Waals surface area (Å²) in [4.78, 5) is 0. The third kappa shape index (κ3) is 2.48. The fourth-order valence-corrected chi connectivity index (χ4v) is 8.17. The Labute approximate surface area is 152 Å². The van der Waals surface area contributed by atoms with Crippen molar-refractivity contribution in [2.45, 2.75) is 71.2 Å². The molecule has 0 aromatic rings. The molecule has 10 unspecified atom stereocenters. The van der Waals surface area contributed by atoms with Gasteiger partial charge in [0, 0.05) is 6.42 Å².